The lowest BCUT2D eigenvalue weighted by Gasteiger charge is -2.35. The summed E-state index contributed by atoms with van der Waals surface area (Å²) in [5.74, 6) is -0.516. The highest BCUT2D eigenvalue weighted by Gasteiger charge is 2.63. The van der Waals surface area contributed by atoms with Crippen molar-refractivity contribution >= 4 is 23.2 Å². The van der Waals surface area contributed by atoms with Gasteiger partial charge in [0.1, 0.15) is 22.1 Å². The highest BCUT2D eigenvalue weighted by atomic mass is 35.5. The number of fused-ring (bicyclic) bond motifs is 2. The third-order valence-corrected chi connectivity index (χ3v) is 7.01. The zero-order valence-electron chi connectivity index (χ0n) is 17.8. The van der Waals surface area contributed by atoms with Crippen molar-refractivity contribution in [1.82, 2.24) is 9.78 Å². The Kier molecular flexibility index (Phi) is 4.57. The average Bonchev–Trinajstić information content (AvgIpc) is 3.45. The third-order valence-electron chi connectivity index (χ3n) is 6.66. The van der Waals surface area contributed by atoms with E-state index >= 15 is 0 Å². The first-order valence-electron chi connectivity index (χ1n) is 10.2. The summed E-state index contributed by atoms with van der Waals surface area (Å²) in [6.07, 6.45) is 1.23. The lowest BCUT2D eigenvalue weighted by Crippen LogP contribution is -2.56. The van der Waals surface area contributed by atoms with Gasteiger partial charge in [-0.25, -0.2) is 0 Å². The first-order valence-corrected chi connectivity index (χ1v) is 10.6. The third kappa shape index (κ3) is 2.55. The molecule has 1 aliphatic carbocycles. The normalized spacial score (nSPS) is 26.7. The number of rotatable bonds is 3. The molecule has 5 rings (SSSR count). The molecule has 2 aromatic rings. The highest BCUT2D eigenvalue weighted by Crippen LogP contribution is 2.54. The van der Waals surface area contributed by atoms with Crippen LogP contribution in [-0.2, 0) is 18.2 Å². The van der Waals surface area contributed by atoms with Crippen molar-refractivity contribution in [3.63, 3.8) is 0 Å². The van der Waals surface area contributed by atoms with Crippen LogP contribution in [0.5, 0.6) is 17.2 Å². The lowest BCUT2D eigenvalue weighted by molar-refractivity contribution is 0.0257. The molecule has 0 saturated carbocycles. The molecule has 8 nitrogen and oxygen atoms in total. The minimum Gasteiger partial charge on any atom is -0.496 e. The van der Waals surface area contributed by atoms with E-state index in [0.29, 0.717) is 36.6 Å². The fourth-order valence-electron chi connectivity index (χ4n) is 5.12. The fraction of sp³-hybridized carbons (Fsp3) is 0.500. The van der Waals surface area contributed by atoms with E-state index in [1.165, 1.54) is 20.3 Å². The number of aromatic nitrogens is 2. The SMILES string of the molecule is COc1cc(OC)c2c(c1Cl)OC1(C2=O)C(=O)c2c(nn(C)c2C2CCOC2)CC1C. The zero-order chi connectivity index (χ0) is 22.1. The maximum Gasteiger partial charge on any atom is 0.237 e. The second-order valence-electron chi connectivity index (χ2n) is 8.29. The average molecular weight is 447 g/mol. The number of Topliss-reactive ketones (excluding diaryl/α,β-unsaturated/α-hetero) is 2. The number of methoxy groups -OCH3 is 2. The second kappa shape index (κ2) is 6.97. The van der Waals surface area contributed by atoms with Crippen molar-refractivity contribution in [2.24, 2.45) is 13.0 Å². The maximum atomic E-state index is 14.0. The van der Waals surface area contributed by atoms with E-state index in [0.717, 1.165) is 12.1 Å². The van der Waals surface area contributed by atoms with Crippen molar-refractivity contribution in [3.8, 4) is 17.2 Å². The van der Waals surface area contributed by atoms with Crippen LogP contribution < -0.4 is 14.2 Å². The predicted octanol–water partition coefficient (Wildman–Crippen LogP) is 2.98. The van der Waals surface area contributed by atoms with Crippen LogP contribution in [0.4, 0.5) is 0 Å². The standard InChI is InChI=1S/C22H23ClN2O6/c1-10-7-12-15(18(25(2)24-12)11-5-6-30-9-11)20(26)22(10)21(27)16-13(28-3)8-14(29-4)17(23)19(16)31-22/h8,10-11H,5-7,9H2,1-4H3. The van der Waals surface area contributed by atoms with Crippen LogP contribution in [0.25, 0.3) is 0 Å². The summed E-state index contributed by atoms with van der Waals surface area (Å²) < 4.78 is 24.2. The Labute approximate surface area is 184 Å². The molecule has 0 amide bonds. The molecule has 3 unspecified atom stereocenters. The number of ether oxygens (including phenoxy) is 4. The van der Waals surface area contributed by atoms with Crippen molar-refractivity contribution < 1.29 is 28.5 Å². The van der Waals surface area contributed by atoms with Gasteiger partial charge in [0.05, 0.1) is 37.8 Å². The number of carbonyl (C=O) groups excluding carboxylic acids is 2. The molecular formula is C22H23ClN2O6. The number of carbonyl (C=O) groups is 2. The zero-order valence-corrected chi connectivity index (χ0v) is 18.5. The van der Waals surface area contributed by atoms with Crippen molar-refractivity contribution in [3.05, 3.63) is 33.6 Å². The van der Waals surface area contributed by atoms with Gasteiger partial charge in [-0.1, -0.05) is 18.5 Å². The quantitative estimate of drug-likeness (QED) is 0.669. The first-order chi connectivity index (χ1) is 14.8. The Morgan fingerprint density at radius 2 is 1.90 bits per heavy atom. The van der Waals surface area contributed by atoms with Gasteiger partial charge in [-0.05, 0) is 12.8 Å². The van der Waals surface area contributed by atoms with Gasteiger partial charge in [0.25, 0.3) is 0 Å². The molecule has 2 aliphatic heterocycles. The molecule has 1 aromatic heterocycles. The number of hydrogen-bond donors (Lipinski definition) is 0. The topological polar surface area (TPSA) is 88.9 Å². The summed E-state index contributed by atoms with van der Waals surface area (Å²) in [6.45, 7) is 2.98. The number of halogens is 1. The lowest BCUT2D eigenvalue weighted by atomic mass is 9.70. The largest absolute Gasteiger partial charge is 0.496 e. The van der Waals surface area contributed by atoms with Gasteiger partial charge in [0, 0.05) is 31.6 Å². The van der Waals surface area contributed by atoms with E-state index in [-0.39, 0.29) is 33.8 Å². The number of nitrogens with zero attached hydrogens (tertiary/aromatic N) is 2. The molecular weight excluding hydrogens is 424 g/mol. The molecule has 3 heterocycles. The summed E-state index contributed by atoms with van der Waals surface area (Å²) in [5.41, 5.74) is 0.420. The fourth-order valence-corrected chi connectivity index (χ4v) is 5.39. The Bertz CT molecular complexity index is 1120. The highest BCUT2D eigenvalue weighted by molar-refractivity contribution is 6.36. The Morgan fingerprint density at radius 3 is 2.55 bits per heavy atom. The van der Waals surface area contributed by atoms with E-state index < -0.39 is 17.3 Å². The predicted molar refractivity (Wildman–Crippen MR) is 111 cm³/mol. The molecule has 0 bridgehead atoms. The van der Waals surface area contributed by atoms with Crippen LogP contribution in [0.3, 0.4) is 0 Å². The smallest absolute Gasteiger partial charge is 0.237 e. The van der Waals surface area contributed by atoms with E-state index in [2.05, 4.69) is 5.10 Å². The molecule has 1 spiro atoms. The van der Waals surface area contributed by atoms with Crippen LogP contribution in [0, 0.1) is 5.92 Å². The molecule has 3 aliphatic rings. The Morgan fingerprint density at radius 1 is 1.19 bits per heavy atom. The van der Waals surface area contributed by atoms with Crippen molar-refractivity contribution in [1.29, 1.82) is 0 Å². The van der Waals surface area contributed by atoms with Gasteiger partial charge in [-0.15, -0.1) is 0 Å². The number of ketones is 2. The summed E-state index contributed by atoms with van der Waals surface area (Å²) in [7, 11) is 4.74. The first kappa shape index (κ1) is 20.3. The van der Waals surface area contributed by atoms with E-state index in [1.54, 1.807) is 4.68 Å². The van der Waals surface area contributed by atoms with Crippen LogP contribution in [-0.4, -0.2) is 54.4 Å². The summed E-state index contributed by atoms with van der Waals surface area (Å²) in [6, 6.07) is 1.54. The Balaban J connectivity index is 1.69. The number of hydrogen-bond acceptors (Lipinski definition) is 7. The van der Waals surface area contributed by atoms with Crippen LogP contribution >= 0.6 is 11.6 Å². The second-order valence-corrected chi connectivity index (χ2v) is 8.67. The van der Waals surface area contributed by atoms with Crippen molar-refractivity contribution in [2.45, 2.75) is 31.3 Å². The van der Waals surface area contributed by atoms with Gasteiger partial charge < -0.3 is 18.9 Å². The van der Waals surface area contributed by atoms with Crippen molar-refractivity contribution in [2.75, 3.05) is 27.4 Å². The minimum absolute atomic E-state index is 0.0488. The molecule has 0 radical (unpaired) electrons. The molecule has 1 fully saturated rings. The number of benzene rings is 1. The monoisotopic (exact) mass is 446 g/mol. The molecule has 1 saturated heterocycles. The van der Waals surface area contributed by atoms with Gasteiger partial charge in [-0.2, -0.15) is 5.10 Å². The number of aryl methyl sites for hydroxylation is 1. The van der Waals surface area contributed by atoms with Crippen LogP contribution in [0.15, 0.2) is 6.07 Å². The van der Waals surface area contributed by atoms with Crippen LogP contribution in [0.1, 0.15) is 51.4 Å². The van der Waals surface area contributed by atoms with Gasteiger partial charge in [0.2, 0.25) is 17.2 Å². The van der Waals surface area contributed by atoms with Crippen LogP contribution in [0.2, 0.25) is 5.02 Å². The molecule has 3 atom stereocenters. The molecule has 1 aromatic carbocycles. The Hall–Kier alpha value is -2.58. The molecule has 31 heavy (non-hydrogen) atoms. The summed E-state index contributed by atoms with van der Waals surface area (Å²) >= 11 is 6.48. The van der Waals surface area contributed by atoms with E-state index in [1.807, 2.05) is 14.0 Å². The maximum absolute atomic E-state index is 14.0. The van der Waals surface area contributed by atoms with Gasteiger partial charge in [0.15, 0.2) is 5.75 Å². The van der Waals surface area contributed by atoms with E-state index in [4.69, 9.17) is 30.5 Å². The molecule has 164 valence electrons. The molecule has 0 N–H and O–H groups in total. The van der Waals surface area contributed by atoms with E-state index in [9.17, 15) is 9.59 Å². The summed E-state index contributed by atoms with van der Waals surface area (Å²) in [4.78, 5) is 27.8. The molecule has 9 heteroatoms. The minimum atomic E-state index is -1.71. The summed E-state index contributed by atoms with van der Waals surface area (Å²) in [5, 5.41) is 4.75. The van der Waals surface area contributed by atoms with Gasteiger partial charge >= 0.3 is 0 Å². The van der Waals surface area contributed by atoms with Gasteiger partial charge in [-0.3, -0.25) is 14.3 Å².